The van der Waals surface area contributed by atoms with E-state index in [1.54, 1.807) is 12.1 Å². The molecule has 2 fully saturated rings. The fourth-order valence-electron chi connectivity index (χ4n) is 4.60. The number of hydrogen-bond donors (Lipinski definition) is 1. The number of carbonyl (C=O) groups is 1. The number of nitrogens with zero attached hydrogens (tertiary/aromatic N) is 1. The second-order valence-electron chi connectivity index (χ2n) is 8.20. The SMILES string of the molecule is CC1CN(C)CCC1OC(=O)C(C)(c1ccc(O)cc1)C1CCCC1. The van der Waals surface area contributed by atoms with Crippen molar-refractivity contribution < 1.29 is 14.6 Å². The Labute approximate surface area is 151 Å². The van der Waals surface area contributed by atoms with Crippen molar-refractivity contribution in [1.29, 1.82) is 0 Å². The normalized spacial score (nSPS) is 27.8. The maximum atomic E-state index is 13.3. The molecule has 2 aliphatic rings. The van der Waals surface area contributed by atoms with Crippen LogP contribution < -0.4 is 0 Å². The minimum Gasteiger partial charge on any atom is -0.508 e. The lowest BCUT2D eigenvalue weighted by molar-refractivity contribution is -0.163. The summed E-state index contributed by atoms with van der Waals surface area (Å²) in [5, 5.41) is 9.63. The summed E-state index contributed by atoms with van der Waals surface area (Å²) >= 11 is 0. The third-order valence-electron chi connectivity index (χ3n) is 6.35. The second-order valence-corrected chi connectivity index (χ2v) is 8.20. The molecule has 0 radical (unpaired) electrons. The molecule has 3 atom stereocenters. The zero-order chi connectivity index (χ0) is 18.0. The van der Waals surface area contributed by atoms with Crippen LogP contribution in [-0.2, 0) is 14.9 Å². The molecule has 1 aliphatic heterocycles. The molecule has 1 saturated carbocycles. The first-order valence-electron chi connectivity index (χ1n) is 9.60. The predicted octanol–water partition coefficient (Wildman–Crippen LogP) is 3.72. The predicted molar refractivity (Wildman–Crippen MR) is 98.6 cm³/mol. The Morgan fingerprint density at radius 3 is 2.44 bits per heavy atom. The van der Waals surface area contributed by atoms with Crippen molar-refractivity contribution in [3.05, 3.63) is 29.8 Å². The van der Waals surface area contributed by atoms with Crippen LogP contribution in [0.3, 0.4) is 0 Å². The van der Waals surface area contributed by atoms with Gasteiger partial charge in [-0.15, -0.1) is 0 Å². The molecule has 1 aliphatic carbocycles. The lowest BCUT2D eigenvalue weighted by Crippen LogP contribution is -2.47. The summed E-state index contributed by atoms with van der Waals surface area (Å²) in [5.74, 6) is 0.808. The van der Waals surface area contributed by atoms with Gasteiger partial charge in [-0.2, -0.15) is 0 Å². The number of likely N-dealkylation sites (tertiary alicyclic amines) is 1. The van der Waals surface area contributed by atoms with E-state index >= 15 is 0 Å². The molecule has 3 unspecified atom stereocenters. The summed E-state index contributed by atoms with van der Waals surface area (Å²) in [4.78, 5) is 15.6. The highest BCUT2D eigenvalue weighted by Gasteiger charge is 2.46. The van der Waals surface area contributed by atoms with Crippen LogP contribution in [0.2, 0.25) is 0 Å². The minimum atomic E-state index is -0.632. The fraction of sp³-hybridized carbons (Fsp3) is 0.667. The third kappa shape index (κ3) is 3.69. The van der Waals surface area contributed by atoms with Crippen molar-refractivity contribution in [3.63, 3.8) is 0 Å². The molecular formula is C21H31NO3. The number of aromatic hydroxyl groups is 1. The van der Waals surface area contributed by atoms with Crippen molar-refractivity contribution in [3.8, 4) is 5.75 Å². The van der Waals surface area contributed by atoms with E-state index in [0.29, 0.717) is 11.8 Å². The zero-order valence-electron chi connectivity index (χ0n) is 15.7. The van der Waals surface area contributed by atoms with Crippen molar-refractivity contribution in [2.45, 2.75) is 57.5 Å². The van der Waals surface area contributed by atoms with Gasteiger partial charge in [0.2, 0.25) is 0 Å². The van der Waals surface area contributed by atoms with Gasteiger partial charge in [0, 0.05) is 19.0 Å². The van der Waals surface area contributed by atoms with Gasteiger partial charge in [-0.3, -0.25) is 4.79 Å². The van der Waals surface area contributed by atoms with Crippen LogP contribution in [0.4, 0.5) is 0 Å². The summed E-state index contributed by atoms with van der Waals surface area (Å²) < 4.78 is 6.09. The van der Waals surface area contributed by atoms with E-state index in [-0.39, 0.29) is 17.8 Å². The molecule has 0 aromatic heterocycles. The van der Waals surface area contributed by atoms with Gasteiger partial charge in [0.05, 0.1) is 5.41 Å². The number of phenols is 1. The molecule has 1 heterocycles. The Morgan fingerprint density at radius 1 is 1.20 bits per heavy atom. The van der Waals surface area contributed by atoms with E-state index in [9.17, 15) is 9.90 Å². The summed E-state index contributed by atoms with van der Waals surface area (Å²) in [5.41, 5.74) is 0.329. The quantitative estimate of drug-likeness (QED) is 0.845. The Balaban J connectivity index is 1.83. The third-order valence-corrected chi connectivity index (χ3v) is 6.35. The first kappa shape index (κ1) is 18.2. The van der Waals surface area contributed by atoms with Gasteiger partial charge in [-0.05, 0) is 56.8 Å². The van der Waals surface area contributed by atoms with Crippen molar-refractivity contribution >= 4 is 5.97 Å². The van der Waals surface area contributed by atoms with E-state index in [0.717, 1.165) is 37.9 Å². The minimum absolute atomic E-state index is 0.00143. The Morgan fingerprint density at radius 2 is 1.84 bits per heavy atom. The van der Waals surface area contributed by atoms with E-state index in [1.807, 2.05) is 19.1 Å². The smallest absolute Gasteiger partial charge is 0.316 e. The molecule has 0 amide bonds. The van der Waals surface area contributed by atoms with Crippen LogP contribution in [0.1, 0.15) is 51.5 Å². The lowest BCUT2D eigenvalue weighted by Gasteiger charge is -2.39. The number of phenolic OH excluding ortho intramolecular Hbond substituents is 1. The molecule has 1 aromatic rings. The second kappa shape index (κ2) is 7.36. The van der Waals surface area contributed by atoms with E-state index in [2.05, 4.69) is 18.9 Å². The first-order valence-corrected chi connectivity index (χ1v) is 9.60. The van der Waals surface area contributed by atoms with Crippen molar-refractivity contribution in [2.75, 3.05) is 20.1 Å². The molecule has 1 saturated heterocycles. The molecule has 1 N–H and O–H groups in total. The van der Waals surface area contributed by atoms with E-state index in [1.165, 1.54) is 12.8 Å². The van der Waals surface area contributed by atoms with E-state index in [4.69, 9.17) is 4.74 Å². The maximum absolute atomic E-state index is 13.3. The molecule has 138 valence electrons. The lowest BCUT2D eigenvalue weighted by atomic mass is 9.70. The fourth-order valence-corrected chi connectivity index (χ4v) is 4.60. The topological polar surface area (TPSA) is 49.8 Å². The van der Waals surface area contributed by atoms with Crippen LogP contribution in [-0.4, -0.2) is 42.2 Å². The van der Waals surface area contributed by atoms with Crippen LogP contribution in [0, 0.1) is 11.8 Å². The highest BCUT2D eigenvalue weighted by molar-refractivity contribution is 5.83. The standard InChI is InChI=1S/C21H31NO3/c1-15-14-22(3)13-12-19(15)25-20(24)21(2,16-6-4-5-7-16)17-8-10-18(23)11-9-17/h8-11,15-16,19,23H,4-7,12-14H2,1-3H3. The van der Waals surface area contributed by atoms with Crippen LogP contribution in [0.15, 0.2) is 24.3 Å². The van der Waals surface area contributed by atoms with Crippen LogP contribution in [0.25, 0.3) is 0 Å². The first-order chi connectivity index (χ1) is 11.9. The van der Waals surface area contributed by atoms with Crippen LogP contribution >= 0.6 is 0 Å². The van der Waals surface area contributed by atoms with Gasteiger partial charge in [-0.25, -0.2) is 0 Å². The van der Waals surface area contributed by atoms with Crippen molar-refractivity contribution in [1.82, 2.24) is 4.90 Å². The molecule has 3 rings (SSSR count). The van der Waals surface area contributed by atoms with Crippen LogP contribution in [0.5, 0.6) is 5.75 Å². The van der Waals surface area contributed by atoms with Gasteiger partial charge >= 0.3 is 5.97 Å². The number of esters is 1. The summed E-state index contributed by atoms with van der Waals surface area (Å²) in [6, 6.07) is 7.11. The average molecular weight is 345 g/mol. The molecule has 25 heavy (non-hydrogen) atoms. The highest BCUT2D eigenvalue weighted by Crippen LogP contribution is 2.44. The monoisotopic (exact) mass is 345 g/mol. The molecule has 4 heteroatoms. The molecular weight excluding hydrogens is 314 g/mol. The average Bonchev–Trinajstić information content (AvgIpc) is 3.12. The van der Waals surface area contributed by atoms with Gasteiger partial charge in [0.15, 0.2) is 0 Å². The molecule has 4 nitrogen and oxygen atoms in total. The molecule has 0 bridgehead atoms. The number of piperidine rings is 1. The number of hydrogen-bond acceptors (Lipinski definition) is 4. The Kier molecular flexibility index (Phi) is 5.38. The van der Waals surface area contributed by atoms with E-state index < -0.39 is 5.41 Å². The Bertz CT molecular complexity index is 594. The Hall–Kier alpha value is -1.55. The summed E-state index contributed by atoms with van der Waals surface area (Å²) in [6.07, 6.45) is 5.39. The summed E-state index contributed by atoms with van der Waals surface area (Å²) in [7, 11) is 2.12. The molecule has 0 spiro atoms. The number of rotatable bonds is 4. The van der Waals surface area contributed by atoms with Gasteiger partial charge in [0.1, 0.15) is 11.9 Å². The van der Waals surface area contributed by atoms with Gasteiger partial charge < -0.3 is 14.7 Å². The number of carbonyl (C=O) groups excluding carboxylic acids is 1. The largest absolute Gasteiger partial charge is 0.508 e. The van der Waals surface area contributed by atoms with Gasteiger partial charge in [0.25, 0.3) is 0 Å². The molecule has 1 aromatic carbocycles. The van der Waals surface area contributed by atoms with Crippen molar-refractivity contribution in [2.24, 2.45) is 11.8 Å². The summed E-state index contributed by atoms with van der Waals surface area (Å²) in [6.45, 7) is 6.15. The number of ether oxygens (including phenoxy) is 1. The zero-order valence-corrected chi connectivity index (χ0v) is 15.7. The maximum Gasteiger partial charge on any atom is 0.316 e. The number of benzene rings is 1. The van der Waals surface area contributed by atoms with Gasteiger partial charge in [-0.1, -0.05) is 31.9 Å². The highest BCUT2D eigenvalue weighted by atomic mass is 16.5.